The van der Waals surface area contributed by atoms with Gasteiger partial charge in [0.2, 0.25) is 0 Å². The fourth-order valence-electron chi connectivity index (χ4n) is 2.25. The molecule has 0 fully saturated rings. The van der Waals surface area contributed by atoms with Crippen LogP contribution >= 0.6 is 0 Å². The third-order valence-electron chi connectivity index (χ3n) is 3.24. The Morgan fingerprint density at radius 3 is 2.62 bits per heavy atom. The minimum Gasteiger partial charge on any atom is -0.435 e. The minimum atomic E-state index is -2.80. The average Bonchev–Trinajstić information content (AvgIpc) is 2.95. The van der Waals surface area contributed by atoms with Crippen molar-refractivity contribution in [3.8, 4) is 5.75 Å². The van der Waals surface area contributed by atoms with Crippen LogP contribution < -0.4 is 10.1 Å². The third kappa shape index (κ3) is 3.13. The number of anilines is 1. The van der Waals surface area contributed by atoms with Crippen molar-refractivity contribution in [3.05, 3.63) is 60.3 Å². The van der Waals surface area contributed by atoms with Gasteiger partial charge < -0.3 is 15.0 Å². The van der Waals surface area contributed by atoms with Gasteiger partial charge in [-0.2, -0.15) is 8.78 Å². The molecular formula is C16H14F2N2O. The van der Waals surface area contributed by atoms with E-state index in [4.69, 9.17) is 0 Å². The zero-order valence-corrected chi connectivity index (χ0v) is 11.1. The number of aromatic nitrogens is 1. The van der Waals surface area contributed by atoms with Gasteiger partial charge in [0.15, 0.2) is 0 Å². The molecule has 2 N–H and O–H groups in total. The molecule has 0 aliphatic carbocycles. The maximum absolute atomic E-state index is 12.1. The van der Waals surface area contributed by atoms with E-state index in [9.17, 15) is 8.78 Å². The number of aromatic amines is 1. The summed E-state index contributed by atoms with van der Waals surface area (Å²) in [5.74, 6) is 0.155. The fourth-order valence-corrected chi connectivity index (χ4v) is 2.25. The normalized spacial score (nSPS) is 11.0. The number of ether oxygens (including phenoxy) is 1. The van der Waals surface area contributed by atoms with Crippen LogP contribution in [0.3, 0.4) is 0 Å². The van der Waals surface area contributed by atoms with E-state index < -0.39 is 6.61 Å². The van der Waals surface area contributed by atoms with Gasteiger partial charge in [-0.3, -0.25) is 0 Å². The molecule has 3 aromatic rings. The molecule has 0 amide bonds. The molecule has 108 valence electrons. The van der Waals surface area contributed by atoms with Crippen LogP contribution in [0.2, 0.25) is 0 Å². The second-order valence-corrected chi connectivity index (χ2v) is 4.62. The van der Waals surface area contributed by atoms with Crippen molar-refractivity contribution in [2.24, 2.45) is 0 Å². The van der Waals surface area contributed by atoms with E-state index in [1.165, 1.54) is 12.1 Å². The molecule has 0 atom stereocenters. The molecule has 0 radical (unpaired) electrons. The summed E-state index contributed by atoms with van der Waals surface area (Å²) in [6.45, 7) is -2.15. The van der Waals surface area contributed by atoms with Gasteiger partial charge in [0.05, 0.1) is 5.52 Å². The number of hydrogen-bond acceptors (Lipinski definition) is 2. The van der Waals surface area contributed by atoms with Gasteiger partial charge in [-0.1, -0.05) is 18.2 Å². The smallest absolute Gasteiger partial charge is 0.387 e. The summed E-state index contributed by atoms with van der Waals surface area (Å²) in [4.78, 5) is 3.21. The zero-order valence-electron chi connectivity index (χ0n) is 11.1. The second kappa shape index (κ2) is 5.83. The summed E-state index contributed by atoms with van der Waals surface area (Å²) in [5.41, 5.74) is 3.09. The molecule has 3 rings (SSSR count). The number of alkyl halides is 2. The molecular weight excluding hydrogens is 274 g/mol. The van der Waals surface area contributed by atoms with Crippen molar-refractivity contribution in [2.45, 2.75) is 13.2 Å². The van der Waals surface area contributed by atoms with Crippen LogP contribution in [0.1, 0.15) is 5.56 Å². The zero-order chi connectivity index (χ0) is 14.7. The van der Waals surface area contributed by atoms with Gasteiger partial charge in [-0.25, -0.2) is 0 Å². The molecule has 3 nitrogen and oxygen atoms in total. The topological polar surface area (TPSA) is 37.0 Å². The first-order valence-electron chi connectivity index (χ1n) is 6.56. The number of halogens is 2. The largest absolute Gasteiger partial charge is 0.435 e. The number of para-hydroxylation sites is 1. The van der Waals surface area contributed by atoms with Crippen molar-refractivity contribution < 1.29 is 13.5 Å². The monoisotopic (exact) mass is 288 g/mol. The summed E-state index contributed by atoms with van der Waals surface area (Å²) < 4.78 is 28.4. The van der Waals surface area contributed by atoms with E-state index in [0.717, 1.165) is 22.2 Å². The van der Waals surface area contributed by atoms with Crippen LogP contribution in [0, 0.1) is 0 Å². The Hall–Kier alpha value is -2.56. The number of nitrogens with one attached hydrogen (secondary N) is 2. The highest BCUT2D eigenvalue weighted by Crippen LogP contribution is 2.20. The van der Waals surface area contributed by atoms with Gasteiger partial charge >= 0.3 is 6.61 Å². The number of benzene rings is 2. The summed E-state index contributed by atoms with van der Waals surface area (Å²) in [6, 6.07) is 14.6. The number of rotatable bonds is 5. The summed E-state index contributed by atoms with van der Waals surface area (Å²) in [6.07, 6.45) is 1.91. The van der Waals surface area contributed by atoms with E-state index in [2.05, 4.69) is 15.0 Å². The van der Waals surface area contributed by atoms with Crippen molar-refractivity contribution in [1.82, 2.24) is 4.98 Å². The molecule has 0 saturated carbocycles. The molecule has 21 heavy (non-hydrogen) atoms. The van der Waals surface area contributed by atoms with Gasteiger partial charge in [-0.15, -0.1) is 0 Å². The lowest BCUT2D eigenvalue weighted by atomic mass is 10.1. The van der Waals surface area contributed by atoms with Crippen LogP contribution in [0.25, 0.3) is 10.9 Å². The van der Waals surface area contributed by atoms with E-state index in [0.29, 0.717) is 6.54 Å². The Labute approximate surface area is 120 Å². The number of H-pyrrole nitrogens is 1. The Morgan fingerprint density at radius 2 is 1.86 bits per heavy atom. The van der Waals surface area contributed by atoms with Crippen LogP contribution in [-0.2, 0) is 6.54 Å². The first-order chi connectivity index (χ1) is 10.2. The summed E-state index contributed by atoms with van der Waals surface area (Å²) >= 11 is 0. The second-order valence-electron chi connectivity index (χ2n) is 4.62. The lowest BCUT2D eigenvalue weighted by Crippen LogP contribution is -2.03. The van der Waals surface area contributed by atoms with Gasteiger partial charge in [-0.05, 0) is 41.3 Å². The lowest BCUT2D eigenvalue weighted by molar-refractivity contribution is -0.0498. The maximum atomic E-state index is 12.1. The quantitative estimate of drug-likeness (QED) is 0.731. The lowest BCUT2D eigenvalue weighted by Gasteiger charge is -2.09. The molecule has 0 spiro atoms. The van der Waals surface area contributed by atoms with Crippen molar-refractivity contribution in [2.75, 3.05) is 5.32 Å². The Morgan fingerprint density at radius 1 is 1.05 bits per heavy atom. The van der Waals surface area contributed by atoms with Crippen LogP contribution in [0.5, 0.6) is 5.75 Å². The molecule has 0 saturated heterocycles. The highest BCUT2D eigenvalue weighted by atomic mass is 19.3. The van der Waals surface area contributed by atoms with Crippen molar-refractivity contribution >= 4 is 16.6 Å². The Balaban J connectivity index is 1.68. The highest BCUT2D eigenvalue weighted by Gasteiger charge is 2.04. The third-order valence-corrected chi connectivity index (χ3v) is 3.24. The fraction of sp³-hybridized carbons (Fsp3) is 0.125. The summed E-state index contributed by atoms with van der Waals surface area (Å²) in [5, 5.41) is 4.42. The van der Waals surface area contributed by atoms with Crippen LogP contribution in [0.15, 0.2) is 54.7 Å². The minimum absolute atomic E-state index is 0.155. The molecule has 0 aliphatic heterocycles. The molecule has 1 heterocycles. The Bertz CT molecular complexity index is 722. The molecule has 0 bridgehead atoms. The highest BCUT2D eigenvalue weighted by molar-refractivity contribution is 5.82. The van der Waals surface area contributed by atoms with Crippen LogP contribution in [-0.4, -0.2) is 11.6 Å². The molecule has 2 aromatic carbocycles. The van der Waals surface area contributed by atoms with Gasteiger partial charge in [0, 0.05) is 18.4 Å². The van der Waals surface area contributed by atoms with Crippen molar-refractivity contribution in [3.63, 3.8) is 0 Å². The number of hydrogen-bond donors (Lipinski definition) is 2. The Kier molecular flexibility index (Phi) is 3.73. The standard InChI is InChI=1S/C16H14F2N2O/c17-16(18)21-14-6-4-13(5-7-14)20-10-12-3-1-2-11-8-9-19-15(11)12/h1-9,16,19-20H,10H2. The van der Waals surface area contributed by atoms with Gasteiger partial charge in [0.1, 0.15) is 5.75 Å². The van der Waals surface area contributed by atoms with E-state index in [1.807, 2.05) is 30.5 Å². The summed E-state index contributed by atoms with van der Waals surface area (Å²) in [7, 11) is 0. The van der Waals surface area contributed by atoms with Crippen molar-refractivity contribution in [1.29, 1.82) is 0 Å². The first-order valence-corrected chi connectivity index (χ1v) is 6.56. The first kappa shape index (κ1) is 13.4. The number of fused-ring (bicyclic) bond motifs is 1. The average molecular weight is 288 g/mol. The van der Waals surface area contributed by atoms with Gasteiger partial charge in [0.25, 0.3) is 0 Å². The molecule has 0 aliphatic rings. The maximum Gasteiger partial charge on any atom is 0.387 e. The van der Waals surface area contributed by atoms with E-state index >= 15 is 0 Å². The van der Waals surface area contributed by atoms with Crippen LogP contribution in [0.4, 0.5) is 14.5 Å². The molecule has 1 aromatic heterocycles. The predicted octanol–water partition coefficient (Wildman–Crippen LogP) is 4.38. The predicted molar refractivity (Wildman–Crippen MR) is 78.7 cm³/mol. The molecule has 5 heteroatoms. The van der Waals surface area contributed by atoms with E-state index in [-0.39, 0.29) is 5.75 Å². The van der Waals surface area contributed by atoms with E-state index in [1.54, 1.807) is 12.1 Å². The molecule has 0 unspecified atom stereocenters. The SMILES string of the molecule is FC(F)Oc1ccc(NCc2cccc3cc[nH]c23)cc1.